The van der Waals surface area contributed by atoms with Gasteiger partial charge in [-0.3, -0.25) is 0 Å². The monoisotopic (exact) mass is 678 g/mol. The first-order valence-corrected chi connectivity index (χ1v) is 16.6. The molecule has 8 rings (SSSR count). The van der Waals surface area contributed by atoms with Crippen molar-refractivity contribution in [1.82, 2.24) is 19.9 Å². The number of benzene rings is 6. The molecule has 2 heterocycles. The van der Waals surface area contributed by atoms with Crippen molar-refractivity contribution in [3.05, 3.63) is 157 Å². The number of nitrogens with zero attached hydrogens (tertiary/aromatic N) is 4. The molecule has 8 aromatic rings. The molecule has 0 fully saturated rings. The molecule has 0 saturated carbocycles. The molecular weight excluding hydrogens is 649 g/mol. The van der Waals surface area contributed by atoms with Crippen LogP contribution in [0.15, 0.2) is 146 Å². The van der Waals surface area contributed by atoms with Crippen molar-refractivity contribution in [3.63, 3.8) is 0 Å². The van der Waals surface area contributed by atoms with Gasteiger partial charge < -0.3 is 9.47 Å². The quantitative estimate of drug-likeness (QED) is 0.154. The number of carbonyl (C=O) groups excluding carboxylic acids is 2. The number of hydrogen-bond donors (Lipinski definition) is 0. The predicted molar refractivity (Wildman–Crippen MR) is 202 cm³/mol. The number of aromatic nitrogens is 4. The summed E-state index contributed by atoms with van der Waals surface area (Å²) in [4.78, 5) is 44.7. The maximum Gasteiger partial charge on any atom is 0.337 e. The molecule has 250 valence electrons. The topological polar surface area (TPSA) is 104 Å². The number of ether oxygens (including phenoxy) is 2. The number of fused-ring (bicyclic) bond motifs is 2. The number of esters is 2. The van der Waals surface area contributed by atoms with Gasteiger partial charge in [0.1, 0.15) is 0 Å². The molecule has 0 amide bonds. The standard InChI is InChI=1S/C44H30N4O4/c1-51-43(49)31-17-13-29(14-18-31)41-42(30-15-19-32(20-16-30)44(50)52-2)48-38-26-34(22-24-36(38)46-41)33-21-23-35-37(25-33)47-40(28-11-7-4-8-12-28)39(45-35)27-9-5-3-6-10-27/h3-26H,1-2H3. The van der Waals surface area contributed by atoms with Crippen LogP contribution in [0.3, 0.4) is 0 Å². The number of hydrogen-bond acceptors (Lipinski definition) is 8. The molecule has 52 heavy (non-hydrogen) atoms. The Labute approximate surface area is 299 Å². The highest BCUT2D eigenvalue weighted by atomic mass is 16.5. The molecule has 0 aliphatic carbocycles. The number of methoxy groups -OCH3 is 2. The first-order chi connectivity index (χ1) is 25.5. The van der Waals surface area contributed by atoms with Crippen LogP contribution in [0.2, 0.25) is 0 Å². The van der Waals surface area contributed by atoms with E-state index in [-0.39, 0.29) is 0 Å². The van der Waals surface area contributed by atoms with Crippen LogP contribution >= 0.6 is 0 Å². The van der Waals surface area contributed by atoms with Gasteiger partial charge in [0.15, 0.2) is 0 Å². The smallest absolute Gasteiger partial charge is 0.337 e. The van der Waals surface area contributed by atoms with Crippen molar-refractivity contribution in [3.8, 4) is 56.2 Å². The van der Waals surface area contributed by atoms with Crippen molar-refractivity contribution in [1.29, 1.82) is 0 Å². The molecule has 0 aliphatic rings. The molecule has 0 unspecified atom stereocenters. The minimum absolute atomic E-state index is 0.421. The summed E-state index contributed by atoms with van der Waals surface area (Å²) < 4.78 is 9.78. The lowest BCUT2D eigenvalue weighted by atomic mass is 10.00. The van der Waals surface area contributed by atoms with E-state index in [0.717, 1.165) is 55.8 Å². The molecule has 0 saturated heterocycles. The largest absolute Gasteiger partial charge is 0.465 e. The zero-order valence-corrected chi connectivity index (χ0v) is 28.3. The lowest BCUT2D eigenvalue weighted by molar-refractivity contribution is 0.0592. The van der Waals surface area contributed by atoms with Crippen molar-refractivity contribution >= 4 is 34.0 Å². The summed E-state index contributed by atoms with van der Waals surface area (Å²) in [6, 6.07) is 46.5. The van der Waals surface area contributed by atoms with Crippen molar-refractivity contribution in [2.45, 2.75) is 0 Å². The molecule has 0 radical (unpaired) electrons. The summed E-state index contributed by atoms with van der Waals surface area (Å²) in [5.74, 6) is -0.846. The maximum absolute atomic E-state index is 12.2. The van der Waals surface area contributed by atoms with E-state index in [2.05, 4.69) is 30.3 Å². The third-order valence-electron chi connectivity index (χ3n) is 8.92. The third kappa shape index (κ3) is 6.14. The van der Waals surface area contributed by atoms with Gasteiger partial charge in [0.2, 0.25) is 0 Å². The number of rotatable bonds is 7. The Morgan fingerprint density at radius 1 is 0.365 bits per heavy atom. The highest BCUT2D eigenvalue weighted by Crippen LogP contribution is 2.35. The van der Waals surface area contributed by atoms with E-state index in [4.69, 9.17) is 29.4 Å². The predicted octanol–water partition coefficient (Wildman–Crippen LogP) is 9.48. The second kappa shape index (κ2) is 13.7. The van der Waals surface area contributed by atoms with Crippen molar-refractivity contribution in [2.24, 2.45) is 0 Å². The molecule has 0 bridgehead atoms. The van der Waals surface area contributed by atoms with Crippen molar-refractivity contribution in [2.75, 3.05) is 14.2 Å². The lowest BCUT2D eigenvalue weighted by Gasteiger charge is -2.13. The van der Waals surface area contributed by atoms with E-state index in [1.807, 2.05) is 91.0 Å². The molecule has 0 spiro atoms. The Hall–Kier alpha value is -7.06. The van der Waals surface area contributed by atoms with Crippen LogP contribution in [0.5, 0.6) is 0 Å². The van der Waals surface area contributed by atoms with E-state index in [1.54, 1.807) is 24.3 Å². The molecule has 6 aromatic carbocycles. The van der Waals surface area contributed by atoms with E-state index in [9.17, 15) is 9.59 Å². The van der Waals surface area contributed by atoms with Gasteiger partial charge in [-0.2, -0.15) is 0 Å². The van der Waals surface area contributed by atoms with E-state index < -0.39 is 11.9 Å². The van der Waals surface area contributed by atoms with E-state index in [0.29, 0.717) is 33.5 Å². The van der Waals surface area contributed by atoms with Gasteiger partial charge in [0.05, 0.1) is 70.2 Å². The molecule has 8 heteroatoms. The maximum atomic E-state index is 12.2. The molecule has 8 nitrogen and oxygen atoms in total. The Bertz CT molecular complexity index is 2610. The first kappa shape index (κ1) is 32.2. The summed E-state index contributed by atoms with van der Waals surface area (Å²) in [6.07, 6.45) is 0. The minimum Gasteiger partial charge on any atom is -0.465 e. The summed E-state index contributed by atoms with van der Waals surface area (Å²) in [6.45, 7) is 0. The minimum atomic E-state index is -0.424. The van der Waals surface area contributed by atoms with Crippen LogP contribution in [-0.2, 0) is 9.47 Å². The SMILES string of the molecule is COC(=O)c1ccc(-c2nc3ccc(-c4ccc5nc(-c6ccccc6)c(-c6ccccc6)nc5c4)cc3nc2-c2ccc(C(=O)OC)cc2)cc1. The fraction of sp³-hybridized carbons (Fsp3) is 0.0455. The summed E-state index contributed by atoms with van der Waals surface area (Å²) in [5.41, 5.74) is 12.2. The average Bonchev–Trinajstić information content (AvgIpc) is 3.22. The fourth-order valence-corrected chi connectivity index (χ4v) is 6.23. The zero-order chi connectivity index (χ0) is 35.6. The average molecular weight is 679 g/mol. The first-order valence-electron chi connectivity index (χ1n) is 16.6. The van der Waals surface area contributed by atoms with Crippen LogP contribution in [0.4, 0.5) is 0 Å². The third-order valence-corrected chi connectivity index (χ3v) is 8.92. The van der Waals surface area contributed by atoms with Crippen LogP contribution in [0.25, 0.3) is 78.2 Å². The normalized spacial score (nSPS) is 11.0. The molecular formula is C44H30N4O4. The molecule has 0 N–H and O–H groups in total. The highest BCUT2D eigenvalue weighted by Gasteiger charge is 2.18. The Balaban J connectivity index is 1.24. The van der Waals surface area contributed by atoms with Gasteiger partial charge in [-0.25, -0.2) is 29.5 Å². The van der Waals surface area contributed by atoms with E-state index in [1.165, 1.54) is 14.2 Å². The van der Waals surface area contributed by atoms with Crippen LogP contribution in [-0.4, -0.2) is 46.1 Å². The van der Waals surface area contributed by atoms with Gasteiger partial charge in [0.25, 0.3) is 0 Å². The summed E-state index contributed by atoms with van der Waals surface area (Å²) >= 11 is 0. The second-order valence-electron chi connectivity index (χ2n) is 12.1. The van der Waals surface area contributed by atoms with Crippen LogP contribution < -0.4 is 0 Å². The molecule has 0 aliphatic heterocycles. The van der Waals surface area contributed by atoms with Gasteiger partial charge in [-0.05, 0) is 59.7 Å². The Morgan fingerprint density at radius 3 is 1.02 bits per heavy atom. The van der Waals surface area contributed by atoms with Crippen LogP contribution in [0, 0.1) is 0 Å². The van der Waals surface area contributed by atoms with Gasteiger partial charge in [-0.1, -0.05) is 97.1 Å². The Kier molecular flexibility index (Phi) is 8.46. The Morgan fingerprint density at radius 2 is 0.673 bits per heavy atom. The van der Waals surface area contributed by atoms with Gasteiger partial charge in [0, 0.05) is 22.3 Å². The van der Waals surface area contributed by atoms with Gasteiger partial charge >= 0.3 is 11.9 Å². The van der Waals surface area contributed by atoms with E-state index >= 15 is 0 Å². The summed E-state index contributed by atoms with van der Waals surface area (Å²) in [5, 5.41) is 0. The van der Waals surface area contributed by atoms with Crippen LogP contribution in [0.1, 0.15) is 20.7 Å². The highest BCUT2D eigenvalue weighted by molar-refractivity contribution is 5.94. The lowest BCUT2D eigenvalue weighted by Crippen LogP contribution is -2.02. The molecule has 2 aromatic heterocycles. The second-order valence-corrected chi connectivity index (χ2v) is 12.1. The van der Waals surface area contributed by atoms with Crippen molar-refractivity contribution < 1.29 is 19.1 Å². The van der Waals surface area contributed by atoms with Gasteiger partial charge in [-0.15, -0.1) is 0 Å². The summed E-state index contributed by atoms with van der Waals surface area (Å²) in [7, 11) is 2.70. The fourth-order valence-electron chi connectivity index (χ4n) is 6.23. The number of carbonyl (C=O) groups is 2. The zero-order valence-electron chi connectivity index (χ0n) is 28.3. The molecule has 0 atom stereocenters.